The molecule has 5 N–H and O–H groups in total. The first-order valence-electron chi connectivity index (χ1n) is 5.51. The Hall–Kier alpha value is -0.920. The number of halogens is 1. The van der Waals surface area contributed by atoms with E-state index in [0.29, 0.717) is 17.7 Å². The Labute approximate surface area is 109 Å². The van der Waals surface area contributed by atoms with Gasteiger partial charge in [-0.1, -0.05) is 6.92 Å². The third-order valence-corrected chi connectivity index (χ3v) is 2.93. The van der Waals surface area contributed by atoms with Crippen LogP contribution in [0.5, 0.6) is 0 Å². The molecule has 0 saturated heterocycles. The maximum atomic E-state index is 8.89. The van der Waals surface area contributed by atoms with Crippen molar-refractivity contribution in [3.8, 4) is 0 Å². The SMILES string of the molecule is CC(CO)CCCNc1nc(NN)ncc1Br. The van der Waals surface area contributed by atoms with Gasteiger partial charge in [-0.15, -0.1) is 0 Å². The van der Waals surface area contributed by atoms with E-state index in [0.717, 1.165) is 23.9 Å². The number of nitrogens with two attached hydrogens (primary N) is 1. The predicted octanol–water partition coefficient (Wildman–Crippen LogP) is 1.35. The molecule has 96 valence electrons. The van der Waals surface area contributed by atoms with E-state index in [1.165, 1.54) is 0 Å². The van der Waals surface area contributed by atoms with Crippen LogP contribution in [0.25, 0.3) is 0 Å². The smallest absolute Gasteiger partial charge is 0.239 e. The predicted molar refractivity (Wildman–Crippen MR) is 71.5 cm³/mol. The summed E-state index contributed by atoms with van der Waals surface area (Å²) in [4.78, 5) is 8.13. The van der Waals surface area contributed by atoms with Gasteiger partial charge in [0, 0.05) is 19.3 Å². The molecule has 0 aliphatic heterocycles. The zero-order chi connectivity index (χ0) is 12.7. The fraction of sp³-hybridized carbons (Fsp3) is 0.600. The molecule has 0 radical (unpaired) electrons. The number of hydrogen-bond donors (Lipinski definition) is 4. The summed E-state index contributed by atoms with van der Waals surface area (Å²) < 4.78 is 0.798. The van der Waals surface area contributed by atoms with Gasteiger partial charge in [0.05, 0.1) is 4.47 Å². The van der Waals surface area contributed by atoms with E-state index in [1.54, 1.807) is 6.20 Å². The minimum Gasteiger partial charge on any atom is -0.396 e. The molecular formula is C10H18BrN5O. The van der Waals surface area contributed by atoms with E-state index < -0.39 is 0 Å². The van der Waals surface area contributed by atoms with Crippen molar-refractivity contribution >= 4 is 27.7 Å². The molecule has 0 aromatic carbocycles. The van der Waals surface area contributed by atoms with Gasteiger partial charge in [-0.2, -0.15) is 4.98 Å². The number of aliphatic hydroxyl groups is 1. The largest absolute Gasteiger partial charge is 0.396 e. The lowest BCUT2D eigenvalue weighted by Crippen LogP contribution is -2.13. The first kappa shape index (κ1) is 14.1. The zero-order valence-electron chi connectivity index (χ0n) is 9.78. The second-order valence-corrected chi connectivity index (χ2v) is 4.75. The van der Waals surface area contributed by atoms with Crippen molar-refractivity contribution in [2.75, 3.05) is 23.9 Å². The first-order valence-corrected chi connectivity index (χ1v) is 6.30. The van der Waals surface area contributed by atoms with Crippen molar-refractivity contribution in [3.63, 3.8) is 0 Å². The summed E-state index contributed by atoms with van der Waals surface area (Å²) in [5.41, 5.74) is 2.40. The molecule has 0 spiro atoms. The van der Waals surface area contributed by atoms with E-state index in [2.05, 4.69) is 36.6 Å². The molecule has 1 aromatic rings. The fourth-order valence-corrected chi connectivity index (χ4v) is 1.64. The van der Waals surface area contributed by atoms with Crippen molar-refractivity contribution in [3.05, 3.63) is 10.7 Å². The monoisotopic (exact) mass is 303 g/mol. The summed E-state index contributed by atoms with van der Waals surface area (Å²) in [6.45, 7) is 3.06. The van der Waals surface area contributed by atoms with Gasteiger partial charge in [0.25, 0.3) is 0 Å². The van der Waals surface area contributed by atoms with Crippen LogP contribution in [0.2, 0.25) is 0 Å². The summed E-state index contributed by atoms with van der Waals surface area (Å²) in [5.74, 6) is 6.66. The van der Waals surface area contributed by atoms with Crippen molar-refractivity contribution < 1.29 is 5.11 Å². The second-order valence-electron chi connectivity index (χ2n) is 3.89. The average molecular weight is 304 g/mol. The lowest BCUT2D eigenvalue weighted by atomic mass is 10.1. The number of nitrogen functional groups attached to an aromatic ring is 1. The number of anilines is 2. The molecule has 0 bridgehead atoms. The topological polar surface area (TPSA) is 96.1 Å². The van der Waals surface area contributed by atoms with Crippen molar-refractivity contribution in [1.82, 2.24) is 9.97 Å². The Morgan fingerprint density at radius 3 is 3.00 bits per heavy atom. The highest BCUT2D eigenvalue weighted by Gasteiger charge is 2.04. The van der Waals surface area contributed by atoms with Gasteiger partial charge >= 0.3 is 0 Å². The zero-order valence-corrected chi connectivity index (χ0v) is 11.4. The Kier molecular flexibility index (Phi) is 6.17. The normalized spacial score (nSPS) is 12.2. The maximum Gasteiger partial charge on any atom is 0.239 e. The third-order valence-electron chi connectivity index (χ3n) is 2.35. The summed E-state index contributed by atoms with van der Waals surface area (Å²) in [6.07, 6.45) is 3.60. The molecule has 1 aromatic heterocycles. The van der Waals surface area contributed by atoms with Gasteiger partial charge in [-0.05, 0) is 34.7 Å². The average Bonchev–Trinajstić information content (AvgIpc) is 2.36. The molecule has 7 heteroatoms. The third kappa shape index (κ3) is 4.84. The minimum atomic E-state index is 0.235. The highest BCUT2D eigenvalue weighted by molar-refractivity contribution is 9.10. The van der Waals surface area contributed by atoms with Crippen LogP contribution in [0.1, 0.15) is 19.8 Å². The number of aliphatic hydroxyl groups excluding tert-OH is 1. The Morgan fingerprint density at radius 2 is 2.35 bits per heavy atom. The molecule has 1 heterocycles. The number of nitrogens with one attached hydrogen (secondary N) is 2. The molecule has 0 aliphatic rings. The maximum absolute atomic E-state index is 8.89. The lowest BCUT2D eigenvalue weighted by Gasteiger charge is -2.10. The Morgan fingerprint density at radius 1 is 1.59 bits per heavy atom. The molecule has 1 unspecified atom stereocenters. The molecule has 1 atom stereocenters. The summed E-state index contributed by atoms with van der Waals surface area (Å²) >= 11 is 3.36. The van der Waals surface area contributed by atoms with E-state index in [9.17, 15) is 0 Å². The highest BCUT2D eigenvalue weighted by Crippen LogP contribution is 2.19. The molecule has 1 rings (SSSR count). The van der Waals surface area contributed by atoms with Crippen LogP contribution in [0.4, 0.5) is 11.8 Å². The van der Waals surface area contributed by atoms with Crippen LogP contribution in [0, 0.1) is 5.92 Å². The van der Waals surface area contributed by atoms with E-state index in [1.807, 2.05) is 6.92 Å². The van der Waals surface area contributed by atoms with Crippen molar-refractivity contribution in [2.24, 2.45) is 11.8 Å². The van der Waals surface area contributed by atoms with Crippen LogP contribution in [0.3, 0.4) is 0 Å². The minimum absolute atomic E-state index is 0.235. The summed E-state index contributed by atoms with van der Waals surface area (Å²) in [5, 5.41) is 12.1. The molecule has 0 saturated carbocycles. The molecule has 0 amide bonds. The number of hydrogen-bond acceptors (Lipinski definition) is 6. The highest BCUT2D eigenvalue weighted by atomic mass is 79.9. The number of aromatic nitrogens is 2. The molecule has 17 heavy (non-hydrogen) atoms. The van der Waals surface area contributed by atoms with Gasteiger partial charge in [-0.25, -0.2) is 10.8 Å². The van der Waals surface area contributed by atoms with Gasteiger partial charge < -0.3 is 10.4 Å². The molecule has 0 fully saturated rings. The van der Waals surface area contributed by atoms with Crippen LogP contribution in [-0.4, -0.2) is 28.2 Å². The summed E-state index contributed by atoms with van der Waals surface area (Å²) in [6, 6.07) is 0. The Balaban J connectivity index is 2.40. The first-order chi connectivity index (χ1) is 8.17. The number of hydrazine groups is 1. The lowest BCUT2D eigenvalue weighted by molar-refractivity contribution is 0.229. The van der Waals surface area contributed by atoms with Crippen LogP contribution >= 0.6 is 15.9 Å². The van der Waals surface area contributed by atoms with Crippen LogP contribution in [0.15, 0.2) is 10.7 Å². The Bertz CT molecular complexity index is 349. The molecule has 0 aliphatic carbocycles. The van der Waals surface area contributed by atoms with Crippen molar-refractivity contribution in [1.29, 1.82) is 0 Å². The molecular weight excluding hydrogens is 286 g/mol. The second kappa shape index (κ2) is 7.41. The van der Waals surface area contributed by atoms with Crippen molar-refractivity contribution in [2.45, 2.75) is 19.8 Å². The molecule has 6 nitrogen and oxygen atoms in total. The number of nitrogens with zero attached hydrogens (tertiary/aromatic N) is 2. The van der Waals surface area contributed by atoms with Gasteiger partial charge in [0.1, 0.15) is 5.82 Å². The van der Waals surface area contributed by atoms with E-state index in [-0.39, 0.29) is 6.61 Å². The van der Waals surface area contributed by atoms with Crippen LogP contribution < -0.4 is 16.6 Å². The summed E-state index contributed by atoms with van der Waals surface area (Å²) in [7, 11) is 0. The quantitative estimate of drug-likeness (QED) is 0.345. The van der Waals surface area contributed by atoms with Gasteiger partial charge in [-0.3, -0.25) is 5.43 Å². The van der Waals surface area contributed by atoms with Gasteiger partial charge in [0.15, 0.2) is 0 Å². The standard InChI is InChI=1S/C10H18BrN5O/c1-7(6-17)3-2-4-13-9-8(11)5-14-10(15-9)16-12/h5,7,17H,2-4,6,12H2,1H3,(H2,13,14,15,16). The number of rotatable bonds is 7. The van der Waals surface area contributed by atoms with Crippen LogP contribution in [-0.2, 0) is 0 Å². The fourth-order valence-electron chi connectivity index (χ4n) is 1.31. The van der Waals surface area contributed by atoms with Gasteiger partial charge in [0.2, 0.25) is 5.95 Å². The van der Waals surface area contributed by atoms with E-state index >= 15 is 0 Å². The van der Waals surface area contributed by atoms with E-state index in [4.69, 9.17) is 10.9 Å².